The normalized spacial score (nSPS) is 17.1. The Morgan fingerprint density at radius 2 is 1.88 bits per heavy atom. The molecule has 0 saturated carbocycles. The van der Waals surface area contributed by atoms with Crippen LogP contribution >= 0.6 is 0 Å². The minimum atomic E-state index is -4.66. The Morgan fingerprint density at radius 3 is 2.33 bits per heavy atom. The average Bonchev–Trinajstić information content (AvgIpc) is 2.45. The summed E-state index contributed by atoms with van der Waals surface area (Å²) < 4.78 is 63.0. The number of rotatable bonds is 4. The first-order valence-corrected chi connectivity index (χ1v) is 8.94. The van der Waals surface area contributed by atoms with Gasteiger partial charge >= 0.3 is 6.18 Å². The maximum Gasteiger partial charge on any atom is 0.416 e. The maximum atomic E-state index is 12.7. The van der Waals surface area contributed by atoms with Crippen molar-refractivity contribution in [1.82, 2.24) is 4.72 Å². The summed E-state index contributed by atoms with van der Waals surface area (Å²) in [5, 5.41) is 11.1. The third kappa shape index (κ3) is 4.57. The van der Waals surface area contributed by atoms with Crippen LogP contribution in [0.1, 0.15) is 18.4 Å². The lowest BCUT2D eigenvalue weighted by Gasteiger charge is -2.33. The molecule has 0 radical (unpaired) electrons. The Hall–Kier alpha value is -1.88. The molecule has 0 aromatic heterocycles. The summed E-state index contributed by atoms with van der Waals surface area (Å²) in [6.07, 6.45) is -2.80. The van der Waals surface area contributed by atoms with Gasteiger partial charge in [0.1, 0.15) is 5.69 Å². The van der Waals surface area contributed by atoms with Crippen LogP contribution in [-0.2, 0) is 16.2 Å². The molecular formula is C13H16F3N3O4S. The van der Waals surface area contributed by atoms with Crippen molar-refractivity contribution in [1.29, 1.82) is 0 Å². The molecule has 1 aromatic carbocycles. The van der Waals surface area contributed by atoms with E-state index in [4.69, 9.17) is 0 Å². The first kappa shape index (κ1) is 18.5. The molecule has 24 heavy (non-hydrogen) atoms. The smallest absolute Gasteiger partial charge is 0.366 e. The van der Waals surface area contributed by atoms with Crippen LogP contribution in [-0.4, -0.2) is 38.7 Å². The fourth-order valence-corrected chi connectivity index (χ4v) is 3.50. The number of anilines is 1. The summed E-state index contributed by atoms with van der Waals surface area (Å²) in [4.78, 5) is 11.9. The van der Waals surface area contributed by atoms with Crippen LogP contribution in [0.2, 0.25) is 0 Å². The quantitative estimate of drug-likeness (QED) is 0.650. The third-order valence-corrected chi connectivity index (χ3v) is 4.48. The summed E-state index contributed by atoms with van der Waals surface area (Å²) >= 11 is 0. The summed E-state index contributed by atoms with van der Waals surface area (Å²) in [5.74, 6) is 0. The van der Waals surface area contributed by atoms with E-state index in [-0.39, 0.29) is 11.7 Å². The monoisotopic (exact) mass is 367 g/mol. The second kappa shape index (κ2) is 6.55. The van der Waals surface area contributed by atoms with E-state index in [9.17, 15) is 31.7 Å². The van der Waals surface area contributed by atoms with Gasteiger partial charge in [-0.25, -0.2) is 13.1 Å². The zero-order chi connectivity index (χ0) is 18.1. The number of nitro benzene ring substituents is 1. The number of halogens is 3. The number of alkyl halides is 3. The molecule has 7 nitrogen and oxygen atoms in total. The van der Waals surface area contributed by atoms with Crippen LogP contribution in [0.3, 0.4) is 0 Å². The lowest BCUT2D eigenvalue weighted by molar-refractivity contribution is -0.384. The first-order valence-electron chi connectivity index (χ1n) is 7.05. The van der Waals surface area contributed by atoms with Gasteiger partial charge in [-0.15, -0.1) is 0 Å². The van der Waals surface area contributed by atoms with E-state index in [0.29, 0.717) is 32.0 Å². The standard InChI is InChI=1S/C13H16F3N3O4S/c1-24(22,23)17-10-4-6-18(7-5-10)11-3-2-9(13(14,15)16)8-12(11)19(20)21/h2-3,8,10,17H,4-7H2,1H3. The fourth-order valence-electron chi connectivity index (χ4n) is 2.65. The van der Waals surface area contributed by atoms with Crippen molar-refractivity contribution in [2.45, 2.75) is 25.1 Å². The molecule has 1 heterocycles. The molecule has 134 valence electrons. The third-order valence-electron chi connectivity index (χ3n) is 3.72. The summed E-state index contributed by atoms with van der Waals surface area (Å²) in [7, 11) is -3.35. The van der Waals surface area contributed by atoms with E-state index in [2.05, 4.69) is 4.72 Å². The molecule has 1 fully saturated rings. The first-order chi connectivity index (χ1) is 11.0. The number of benzene rings is 1. The van der Waals surface area contributed by atoms with E-state index in [1.54, 1.807) is 4.90 Å². The van der Waals surface area contributed by atoms with Gasteiger partial charge in [0.2, 0.25) is 10.0 Å². The second-order valence-electron chi connectivity index (χ2n) is 5.61. The Labute approximate surface area is 136 Å². The minimum Gasteiger partial charge on any atom is -0.366 e. The molecule has 0 amide bonds. The number of nitrogens with zero attached hydrogens (tertiary/aromatic N) is 2. The predicted octanol–water partition coefficient (Wildman–Crippen LogP) is 2.13. The molecule has 1 aliphatic heterocycles. The molecule has 0 atom stereocenters. The van der Waals surface area contributed by atoms with E-state index >= 15 is 0 Å². The molecule has 1 aliphatic rings. The van der Waals surface area contributed by atoms with E-state index < -0.39 is 32.4 Å². The molecule has 0 spiro atoms. The number of nitrogens with one attached hydrogen (secondary N) is 1. The topological polar surface area (TPSA) is 92.6 Å². The second-order valence-corrected chi connectivity index (χ2v) is 7.39. The molecule has 1 aromatic rings. The molecule has 2 rings (SSSR count). The highest BCUT2D eigenvalue weighted by molar-refractivity contribution is 7.88. The van der Waals surface area contributed by atoms with E-state index in [1.165, 1.54) is 0 Å². The summed E-state index contributed by atoms with van der Waals surface area (Å²) in [6.45, 7) is 0.610. The Bertz CT molecular complexity index is 728. The van der Waals surface area contributed by atoms with Gasteiger partial charge in [-0.1, -0.05) is 0 Å². The van der Waals surface area contributed by atoms with Crippen molar-refractivity contribution in [3.8, 4) is 0 Å². The van der Waals surface area contributed by atoms with Crippen molar-refractivity contribution in [2.24, 2.45) is 0 Å². The Kier molecular flexibility index (Phi) is 5.04. The van der Waals surface area contributed by atoms with E-state index in [0.717, 1.165) is 18.4 Å². The minimum absolute atomic E-state index is 0.103. The van der Waals surface area contributed by atoms with Crippen LogP contribution in [0, 0.1) is 10.1 Å². The van der Waals surface area contributed by atoms with Gasteiger partial charge in [-0.05, 0) is 25.0 Å². The molecular weight excluding hydrogens is 351 g/mol. The number of hydrogen-bond donors (Lipinski definition) is 1. The van der Waals surface area contributed by atoms with Crippen molar-refractivity contribution in [2.75, 3.05) is 24.2 Å². The number of piperidine rings is 1. The van der Waals surface area contributed by atoms with Gasteiger partial charge in [0.05, 0.1) is 16.7 Å². The van der Waals surface area contributed by atoms with Crippen LogP contribution in [0.25, 0.3) is 0 Å². The van der Waals surface area contributed by atoms with Crippen molar-refractivity contribution in [3.63, 3.8) is 0 Å². The molecule has 0 bridgehead atoms. The highest BCUT2D eigenvalue weighted by Crippen LogP contribution is 2.37. The van der Waals surface area contributed by atoms with Crippen LogP contribution in [0.15, 0.2) is 18.2 Å². The SMILES string of the molecule is CS(=O)(=O)NC1CCN(c2ccc(C(F)(F)F)cc2[N+](=O)[O-])CC1. The number of hydrogen-bond acceptors (Lipinski definition) is 5. The van der Waals surface area contributed by atoms with Gasteiger partial charge in [0, 0.05) is 25.2 Å². The largest absolute Gasteiger partial charge is 0.416 e. The molecule has 0 unspecified atom stereocenters. The fraction of sp³-hybridized carbons (Fsp3) is 0.538. The van der Waals surface area contributed by atoms with Crippen molar-refractivity contribution < 1.29 is 26.5 Å². The molecule has 1 saturated heterocycles. The number of sulfonamides is 1. The zero-order valence-electron chi connectivity index (χ0n) is 12.7. The van der Waals surface area contributed by atoms with Gasteiger partial charge < -0.3 is 4.90 Å². The summed E-state index contributed by atoms with van der Waals surface area (Å²) in [5.41, 5.74) is -1.59. The molecule has 11 heteroatoms. The van der Waals surface area contributed by atoms with Crippen molar-refractivity contribution >= 4 is 21.4 Å². The average molecular weight is 367 g/mol. The lowest BCUT2D eigenvalue weighted by atomic mass is 10.0. The van der Waals surface area contributed by atoms with Crippen LogP contribution in [0.4, 0.5) is 24.5 Å². The maximum absolute atomic E-state index is 12.7. The Balaban J connectivity index is 2.20. The van der Waals surface area contributed by atoms with Gasteiger partial charge in [0.15, 0.2) is 0 Å². The lowest BCUT2D eigenvalue weighted by Crippen LogP contribution is -2.44. The van der Waals surface area contributed by atoms with Crippen molar-refractivity contribution in [3.05, 3.63) is 33.9 Å². The highest BCUT2D eigenvalue weighted by Gasteiger charge is 2.34. The van der Waals surface area contributed by atoms with Crippen LogP contribution in [0.5, 0.6) is 0 Å². The highest BCUT2D eigenvalue weighted by atomic mass is 32.2. The van der Waals surface area contributed by atoms with Gasteiger partial charge in [0.25, 0.3) is 5.69 Å². The predicted molar refractivity (Wildman–Crippen MR) is 81.3 cm³/mol. The Morgan fingerprint density at radius 1 is 1.29 bits per heavy atom. The van der Waals surface area contributed by atoms with Gasteiger partial charge in [-0.2, -0.15) is 13.2 Å². The van der Waals surface area contributed by atoms with Gasteiger partial charge in [-0.3, -0.25) is 10.1 Å². The van der Waals surface area contributed by atoms with Crippen LogP contribution < -0.4 is 9.62 Å². The summed E-state index contributed by atoms with van der Waals surface area (Å²) in [6, 6.07) is 2.13. The zero-order valence-corrected chi connectivity index (χ0v) is 13.5. The van der Waals surface area contributed by atoms with E-state index in [1.807, 2.05) is 0 Å². The molecule has 1 N–H and O–H groups in total. The number of nitro groups is 1. The molecule has 0 aliphatic carbocycles.